The zero-order valence-electron chi connectivity index (χ0n) is 13.8. The van der Waals surface area contributed by atoms with Crippen molar-refractivity contribution in [3.05, 3.63) is 78.1 Å². The number of carbonyl (C=O) groups is 1. The zero-order valence-corrected chi connectivity index (χ0v) is 13.8. The van der Waals surface area contributed by atoms with E-state index in [-0.39, 0.29) is 11.6 Å². The van der Waals surface area contributed by atoms with Crippen LogP contribution in [0.2, 0.25) is 0 Å². The van der Waals surface area contributed by atoms with Gasteiger partial charge in [-0.1, -0.05) is 18.2 Å². The van der Waals surface area contributed by atoms with Gasteiger partial charge in [0.1, 0.15) is 17.5 Å². The molecule has 1 amide bonds. The van der Waals surface area contributed by atoms with Crippen molar-refractivity contribution in [2.75, 3.05) is 5.32 Å². The first-order chi connectivity index (χ1) is 12.6. The number of aromatic nitrogens is 4. The summed E-state index contributed by atoms with van der Waals surface area (Å²) in [4.78, 5) is 21.0. The van der Waals surface area contributed by atoms with Gasteiger partial charge in [-0.25, -0.2) is 19.0 Å². The lowest BCUT2D eigenvalue weighted by molar-refractivity contribution is 0.101. The molecule has 0 fully saturated rings. The van der Waals surface area contributed by atoms with Crippen LogP contribution in [0.5, 0.6) is 0 Å². The van der Waals surface area contributed by atoms with Crippen LogP contribution in [0.3, 0.4) is 0 Å². The predicted molar refractivity (Wildman–Crippen MR) is 95.8 cm³/mol. The largest absolute Gasteiger partial charge is 0.304 e. The highest BCUT2D eigenvalue weighted by atomic mass is 19.1. The first kappa shape index (κ1) is 15.9. The average molecular weight is 347 g/mol. The summed E-state index contributed by atoms with van der Waals surface area (Å²) in [7, 11) is 0. The van der Waals surface area contributed by atoms with Gasteiger partial charge in [-0.05, 0) is 49.4 Å². The maximum absolute atomic E-state index is 13.1. The fourth-order valence-electron chi connectivity index (χ4n) is 2.62. The van der Waals surface area contributed by atoms with Gasteiger partial charge in [0.2, 0.25) is 5.82 Å². The number of benzene rings is 2. The fraction of sp³-hybridized carbons (Fsp3) is 0.0526. The molecule has 4 aromatic rings. The molecule has 4 rings (SSSR count). The van der Waals surface area contributed by atoms with E-state index in [2.05, 4.69) is 20.4 Å². The Balaban J connectivity index is 1.59. The van der Waals surface area contributed by atoms with Crippen LogP contribution in [0.4, 0.5) is 10.2 Å². The molecule has 0 atom stereocenters. The van der Waals surface area contributed by atoms with Crippen LogP contribution >= 0.6 is 0 Å². The number of para-hydroxylation sites is 1. The van der Waals surface area contributed by atoms with E-state index in [1.807, 2.05) is 30.3 Å². The summed E-state index contributed by atoms with van der Waals surface area (Å²) in [6.07, 6.45) is 0. The predicted octanol–water partition coefficient (Wildman–Crippen LogP) is 3.52. The number of anilines is 1. The first-order valence-corrected chi connectivity index (χ1v) is 7.97. The van der Waals surface area contributed by atoms with Gasteiger partial charge in [-0.3, -0.25) is 4.79 Å². The fourth-order valence-corrected chi connectivity index (χ4v) is 2.62. The minimum atomic E-state index is -0.461. The van der Waals surface area contributed by atoms with Crippen molar-refractivity contribution in [2.45, 2.75) is 6.92 Å². The monoisotopic (exact) mass is 347 g/mol. The van der Waals surface area contributed by atoms with E-state index in [1.54, 1.807) is 25.1 Å². The van der Waals surface area contributed by atoms with E-state index < -0.39 is 5.91 Å². The van der Waals surface area contributed by atoms with Gasteiger partial charge >= 0.3 is 0 Å². The molecule has 0 radical (unpaired) electrons. The number of pyridine rings is 1. The van der Waals surface area contributed by atoms with Crippen LogP contribution in [-0.4, -0.2) is 25.7 Å². The number of fused-ring (bicyclic) bond motifs is 1. The normalized spacial score (nSPS) is 10.8. The number of hydrogen-bond acceptors (Lipinski definition) is 4. The second-order valence-corrected chi connectivity index (χ2v) is 5.71. The SMILES string of the molecule is Cc1nc(C(=O)Nc2ccc3ccccc3n2)nn1-c1ccc(F)cc1. The standard InChI is InChI=1S/C19H14FN5O/c1-12-21-18(24-25(12)15-9-7-14(20)8-10-15)19(26)23-17-11-6-13-4-2-3-5-16(13)22-17/h2-11H,1H3,(H,22,23,26). The van der Waals surface area contributed by atoms with Crippen LogP contribution < -0.4 is 5.32 Å². The highest BCUT2D eigenvalue weighted by Gasteiger charge is 2.16. The Morgan fingerprint density at radius 3 is 2.58 bits per heavy atom. The molecule has 0 aliphatic rings. The molecule has 2 heterocycles. The summed E-state index contributed by atoms with van der Waals surface area (Å²) < 4.78 is 14.6. The van der Waals surface area contributed by atoms with Crippen LogP contribution in [0, 0.1) is 12.7 Å². The number of hydrogen-bond donors (Lipinski definition) is 1. The van der Waals surface area contributed by atoms with Crippen LogP contribution in [0.25, 0.3) is 16.6 Å². The third-order valence-corrected chi connectivity index (χ3v) is 3.88. The van der Waals surface area contributed by atoms with Crippen molar-refractivity contribution in [1.29, 1.82) is 0 Å². The minimum absolute atomic E-state index is 0.0155. The summed E-state index contributed by atoms with van der Waals surface area (Å²) >= 11 is 0. The van der Waals surface area contributed by atoms with Crippen molar-refractivity contribution in [3.63, 3.8) is 0 Å². The Morgan fingerprint density at radius 1 is 1.00 bits per heavy atom. The molecule has 7 heteroatoms. The molecule has 128 valence electrons. The number of aryl methyl sites for hydroxylation is 1. The number of nitrogens with one attached hydrogen (secondary N) is 1. The van der Waals surface area contributed by atoms with Gasteiger partial charge in [-0.15, -0.1) is 5.10 Å². The Labute approximate surface area is 148 Å². The summed E-state index contributed by atoms with van der Waals surface area (Å²) in [5.74, 6) is 0.156. The average Bonchev–Trinajstić information content (AvgIpc) is 3.04. The molecule has 0 bridgehead atoms. The molecule has 6 nitrogen and oxygen atoms in total. The van der Waals surface area contributed by atoms with Gasteiger partial charge in [0.05, 0.1) is 11.2 Å². The molecular weight excluding hydrogens is 333 g/mol. The van der Waals surface area contributed by atoms with Crippen molar-refractivity contribution in [3.8, 4) is 5.69 Å². The van der Waals surface area contributed by atoms with Crippen LogP contribution in [0.1, 0.15) is 16.4 Å². The summed E-state index contributed by atoms with van der Waals surface area (Å²) in [5.41, 5.74) is 1.41. The third kappa shape index (κ3) is 3.02. The minimum Gasteiger partial charge on any atom is -0.304 e. The van der Waals surface area contributed by atoms with E-state index in [0.29, 0.717) is 17.3 Å². The van der Waals surface area contributed by atoms with E-state index in [1.165, 1.54) is 16.8 Å². The zero-order chi connectivity index (χ0) is 18.1. The Bertz CT molecular complexity index is 1100. The summed E-state index contributed by atoms with van der Waals surface area (Å²) in [5, 5.41) is 7.90. The molecule has 2 aromatic heterocycles. The third-order valence-electron chi connectivity index (χ3n) is 3.88. The molecular formula is C19H14FN5O. The molecule has 0 unspecified atom stereocenters. The molecule has 0 saturated heterocycles. The molecule has 0 spiro atoms. The molecule has 0 saturated carbocycles. The highest BCUT2D eigenvalue weighted by Crippen LogP contribution is 2.15. The Morgan fingerprint density at radius 2 is 1.77 bits per heavy atom. The summed E-state index contributed by atoms with van der Waals surface area (Å²) in [6, 6.07) is 17.0. The number of amides is 1. The molecule has 2 aromatic carbocycles. The quantitative estimate of drug-likeness (QED) is 0.615. The van der Waals surface area contributed by atoms with Crippen molar-refractivity contribution < 1.29 is 9.18 Å². The smallest absolute Gasteiger partial charge is 0.296 e. The van der Waals surface area contributed by atoms with Gasteiger partial charge in [0.25, 0.3) is 5.91 Å². The maximum Gasteiger partial charge on any atom is 0.296 e. The number of nitrogens with zero attached hydrogens (tertiary/aromatic N) is 4. The van der Waals surface area contributed by atoms with Crippen molar-refractivity contribution >= 4 is 22.6 Å². The lowest BCUT2D eigenvalue weighted by atomic mass is 10.2. The molecule has 1 N–H and O–H groups in total. The molecule has 26 heavy (non-hydrogen) atoms. The van der Waals surface area contributed by atoms with E-state index in [0.717, 1.165) is 10.9 Å². The number of carbonyl (C=O) groups excluding carboxylic acids is 1. The van der Waals surface area contributed by atoms with Crippen LogP contribution in [-0.2, 0) is 0 Å². The van der Waals surface area contributed by atoms with Crippen molar-refractivity contribution in [1.82, 2.24) is 19.7 Å². The van der Waals surface area contributed by atoms with Gasteiger partial charge in [0.15, 0.2) is 0 Å². The first-order valence-electron chi connectivity index (χ1n) is 7.97. The topological polar surface area (TPSA) is 72.7 Å². The number of halogens is 1. The van der Waals surface area contributed by atoms with Crippen molar-refractivity contribution in [2.24, 2.45) is 0 Å². The van der Waals surface area contributed by atoms with Gasteiger partial charge in [0, 0.05) is 5.39 Å². The van der Waals surface area contributed by atoms with Crippen LogP contribution in [0.15, 0.2) is 60.7 Å². The molecule has 0 aliphatic carbocycles. The molecule has 0 aliphatic heterocycles. The number of rotatable bonds is 3. The highest BCUT2D eigenvalue weighted by molar-refractivity contribution is 6.01. The Hall–Kier alpha value is -3.61. The van der Waals surface area contributed by atoms with E-state index in [4.69, 9.17) is 0 Å². The van der Waals surface area contributed by atoms with Gasteiger partial charge in [-0.2, -0.15) is 0 Å². The Kier molecular flexibility index (Phi) is 3.89. The second-order valence-electron chi connectivity index (χ2n) is 5.71. The van der Waals surface area contributed by atoms with E-state index >= 15 is 0 Å². The maximum atomic E-state index is 13.1. The lowest BCUT2D eigenvalue weighted by Gasteiger charge is -2.03. The lowest BCUT2D eigenvalue weighted by Crippen LogP contribution is -2.15. The van der Waals surface area contributed by atoms with Gasteiger partial charge < -0.3 is 5.32 Å². The second kappa shape index (κ2) is 6.36. The van der Waals surface area contributed by atoms with E-state index in [9.17, 15) is 9.18 Å². The summed E-state index contributed by atoms with van der Waals surface area (Å²) in [6.45, 7) is 1.72.